The number of hydrogen-bond donors (Lipinski definition) is 2. The Hall–Kier alpha value is -2.11. The van der Waals surface area contributed by atoms with Crippen LogP contribution in [0.25, 0.3) is 10.9 Å². The van der Waals surface area contributed by atoms with Crippen molar-refractivity contribution in [3.63, 3.8) is 0 Å². The van der Waals surface area contributed by atoms with Crippen molar-refractivity contribution in [1.29, 1.82) is 0 Å². The molecule has 0 aliphatic rings. The van der Waals surface area contributed by atoms with E-state index in [2.05, 4.69) is 26.2 Å². The first-order valence-corrected chi connectivity index (χ1v) is 8.02. The fourth-order valence-electron chi connectivity index (χ4n) is 2.24. The van der Waals surface area contributed by atoms with Crippen LogP contribution in [0.2, 0.25) is 5.02 Å². The van der Waals surface area contributed by atoms with E-state index in [1.807, 2.05) is 18.2 Å². The summed E-state index contributed by atoms with van der Waals surface area (Å²) in [6, 6.07) is 12.4. The van der Waals surface area contributed by atoms with Gasteiger partial charge < -0.3 is 10.4 Å². The molecule has 1 heterocycles. The van der Waals surface area contributed by atoms with E-state index >= 15 is 0 Å². The van der Waals surface area contributed by atoms with Gasteiger partial charge in [0.2, 0.25) is 0 Å². The summed E-state index contributed by atoms with van der Waals surface area (Å²) in [4.78, 5) is 16.5. The number of hydrogen-bond acceptors (Lipinski definition) is 3. The molecule has 0 spiro atoms. The summed E-state index contributed by atoms with van der Waals surface area (Å²) in [5.41, 5.74) is 1.48. The van der Waals surface area contributed by atoms with Gasteiger partial charge in [0.1, 0.15) is 5.52 Å². The number of pyridine rings is 1. The van der Waals surface area contributed by atoms with Crippen LogP contribution in [0.15, 0.2) is 53.1 Å². The van der Waals surface area contributed by atoms with Crippen LogP contribution in [0.5, 0.6) is 5.75 Å². The summed E-state index contributed by atoms with van der Waals surface area (Å²) in [6.45, 7) is 0.341. The number of phenols is 1. The number of aromatic nitrogens is 1. The van der Waals surface area contributed by atoms with Gasteiger partial charge in [-0.2, -0.15) is 0 Å². The normalized spacial score (nSPS) is 10.7. The van der Waals surface area contributed by atoms with E-state index in [1.54, 1.807) is 30.5 Å². The Morgan fingerprint density at radius 3 is 2.74 bits per heavy atom. The van der Waals surface area contributed by atoms with Gasteiger partial charge in [0, 0.05) is 27.6 Å². The highest BCUT2D eigenvalue weighted by Gasteiger charge is 2.16. The third-order valence-electron chi connectivity index (χ3n) is 3.43. The van der Waals surface area contributed by atoms with E-state index in [0.717, 1.165) is 10.9 Å². The summed E-state index contributed by atoms with van der Waals surface area (Å²) < 4.78 is 0.704. The molecule has 3 aromatic rings. The van der Waals surface area contributed by atoms with Crippen LogP contribution in [-0.4, -0.2) is 16.0 Å². The zero-order valence-corrected chi connectivity index (χ0v) is 14.2. The number of rotatable bonds is 3. The lowest BCUT2D eigenvalue weighted by Gasteiger charge is -2.10. The van der Waals surface area contributed by atoms with Gasteiger partial charge in [0.15, 0.2) is 5.75 Å². The third-order valence-corrected chi connectivity index (χ3v) is 4.33. The summed E-state index contributed by atoms with van der Waals surface area (Å²) in [5, 5.41) is 14.5. The predicted octanol–water partition coefficient (Wildman–Crippen LogP) is 4.29. The molecule has 0 atom stereocenters. The Labute approximate surface area is 146 Å². The molecule has 0 radical (unpaired) electrons. The fraction of sp³-hybridized carbons (Fsp3) is 0.0588. The summed E-state index contributed by atoms with van der Waals surface area (Å²) >= 11 is 9.24. The molecule has 1 amide bonds. The Morgan fingerprint density at radius 2 is 2.00 bits per heavy atom. The molecule has 3 rings (SSSR count). The van der Waals surface area contributed by atoms with E-state index < -0.39 is 0 Å². The maximum Gasteiger partial charge on any atom is 0.255 e. The molecular formula is C17H12BrClN2O2. The number of benzene rings is 2. The molecule has 0 aliphatic heterocycles. The molecule has 0 fully saturated rings. The second-order valence-electron chi connectivity index (χ2n) is 4.96. The van der Waals surface area contributed by atoms with Gasteiger partial charge in [0.05, 0.1) is 5.56 Å². The minimum atomic E-state index is -0.370. The minimum absolute atomic E-state index is 0.127. The number of fused-ring (bicyclic) bond motifs is 1. The van der Waals surface area contributed by atoms with E-state index in [0.29, 0.717) is 21.6 Å². The van der Waals surface area contributed by atoms with Gasteiger partial charge in [-0.3, -0.25) is 9.78 Å². The Morgan fingerprint density at radius 1 is 1.26 bits per heavy atom. The first-order valence-electron chi connectivity index (χ1n) is 6.85. The Bertz CT molecular complexity index is 882. The van der Waals surface area contributed by atoms with Crippen molar-refractivity contribution in [3.8, 4) is 5.75 Å². The average molecular weight is 392 g/mol. The largest absolute Gasteiger partial charge is 0.505 e. The number of carbonyl (C=O) groups excluding carboxylic acids is 1. The zero-order chi connectivity index (χ0) is 16.4. The summed E-state index contributed by atoms with van der Waals surface area (Å²) in [7, 11) is 0. The molecule has 0 aliphatic carbocycles. The van der Waals surface area contributed by atoms with E-state index in [9.17, 15) is 9.90 Å². The molecule has 2 aromatic carbocycles. The number of amides is 1. The summed E-state index contributed by atoms with van der Waals surface area (Å²) in [5.74, 6) is -0.497. The first-order chi connectivity index (χ1) is 11.1. The van der Waals surface area contributed by atoms with Crippen molar-refractivity contribution in [2.24, 2.45) is 0 Å². The van der Waals surface area contributed by atoms with E-state index in [4.69, 9.17) is 11.6 Å². The molecule has 0 unspecified atom stereocenters. The number of halogens is 2. The highest BCUT2D eigenvalue weighted by molar-refractivity contribution is 9.10. The van der Waals surface area contributed by atoms with Crippen LogP contribution < -0.4 is 5.32 Å². The smallest absolute Gasteiger partial charge is 0.255 e. The monoisotopic (exact) mass is 390 g/mol. The van der Waals surface area contributed by atoms with Gasteiger partial charge in [-0.25, -0.2) is 0 Å². The Kier molecular flexibility index (Phi) is 4.50. The average Bonchev–Trinajstić information content (AvgIpc) is 2.57. The highest BCUT2D eigenvalue weighted by Crippen LogP contribution is 2.33. The van der Waals surface area contributed by atoms with Crippen molar-refractivity contribution in [1.82, 2.24) is 10.3 Å². The number of nitrogens with zero attached hydrogens (tertiary/aromatic N) is 1. The number of carbonyl (C=O) groups is 1. The van der Waals surface area contributed by atoms with Crippen molar-refractivity contribution >= 4 is 44.3 Å². The van der Waals surface area contributed by atoms with Crippen molar-refractivity contribution < 1.29 is 9.90 Å². The SMILES string of the molecule is O=C(NCc1ccc(Cl)cc1)c1cc(Br)c2cccnc2c1O. The van der Waals surface area contributed by atoms with E-state index in [-0.39, 0.29) is 17.2 Å². The van der Waals surface area contributed by atoms with Gasteiger partial charge in [-0.1, -0.05) is 45.7 Å². The summed E-state index contributed by atoms with van der Waals surface area (Å²) in [6.07, 6.45) is 1.57. The van der Waals surface area contributed by atoms with Gasteiger partial charge in [-0.15, -0.1) is 0 Å². The van der Waals surface area contributed by atoms with Crippen LogP contribution in [0.3, 0.4) is 0 Å². The topological polar surface area (TPSA) is 62.2 Å². The van der Waals surface area contributed by atoms with Crippen LogP contribution in [-0.2, 0) is 6.54 Å². The molecule has 4 nitrogen and oxygen atoms in total. The number of nitrogens with one attached hydrogen (secondary N) is 1. The maximum absolute atomic E-state index is 12.4. The molecule has 0 bridgehead atoms. The Balaban J connectivity index is 1.86. The standard InChI is InChI=1S/C17H12BrClN2O2/c18-14-8-13(16(22)15-12(14)2-1-7-20-15)17(23)21-9-10-3-5-11(19)6-4-10/h1-8,22H,9H2,(H,21,23). The number of aromatic hydroxyl groups is 1. The molecule has 23 heavy (non-hydrogen) atoms. The van der Waals surface area contributed by atoms with Crippen molar-refractivity contribution in [2.45, 2.75) is 6.54 Å². The van der Waals surface area contributed by atoms with Crippen LogP contribution in [0.4, 0.5) is 0 Å². The van der Waals surface area contributed by atoms with Crippen LogP contribution in [0.1, 0.15) is 15.9 Å². The third kappa shape index (κ3) is 3.30. The number of phenolic OH excluding ortho intramolecular Hbond substituents is 1. The predicted molar refractivity (Wildman–Crippen MR) is 93.7 cm³/mol. The second kappa shape index (κ2) is 6.56. The van der Waals surface area contributed by atoms with Gasteiger partial charge in [-0.05, 0) is 29.8 Å². The molecule has 6 heteroatoms. The first kappa shape index (κ1) is 15.8. The quantitative estimate of drug-likeness (QED) is 0.700. The molecular weight excluding hydrogens is 380 g/mol. The molecule has 116 valence electrons. The van der Waals surface area contributed by atoms with Crippen LogP contribution >= 0.6 is 27.5 Å². The molecule has 1 aromatic heterocycles. The molecule has 0 saturated heterocycles. The lowest BCUT2D eigenvalue weighted by molar-refractivity contribution is 0.0948. The molecule has 2 N–H and O–H groups in total. The van der Waals surface area contributed by atoms with Crippen molar-refractivity contribution in [2.75, 3.05) is 0 Å². The van der Waals surface area contributed by atoms with Gasteiger partial charge >= 0.3 is 0 Å². The van der Waals surface area contributed by atoms with Gasteiger partial charge in [0.25, 0.3) is 5.91 Å². The minimum Gasteiger partial charge on any atom is -0.505 e. The van der Waals surface area contributed by atoms with E-state index in [1.165, 1.54) is 0 Å². The second-order valence-corrected chi connectivity index (χ2v) is 6.25. The fourth-order valence-corrected chi connectivity index (χ4v) is 2.91. The zero-order valence-electron chi connectivity index (χ0n) is 11.9. The maximum atomic E-state index is 12.4. The van der Waals surface area contributed by atoms with Crippen molar-refractivity contribution in [3.05, 3.63) is 69.3 Å². The molecule has 0 saturated carbocycles. The van der Waals surface area contributed by atoms with Crippen LogP contribution in [0, 0.1) is 0 Å². The highest BCUT2D eigenvalue weighted by atomic mass is 79.9. The lowest BCUT2D eigenvalue weighted by Crippen LogP contribution is -2.23. The lowest BCUT2D eigenvalue weighted by atomic mass is 10.1.